The minimum atomic E-state index is -1.27. The molecule has 0 amide bonds. The van der Waals surface area contributed by atoms with Crippen molar-refractivity contribution >= 4 is 21.9 Å². The van der Waals surface area contributed by atoms with Crippen molar-refractivity contribution in [3.05, 3.63) is 70.2 Å². The van der Waals surface area contributed by atoms with Crippen LogP contribution in [0.4, 0.5) is 0 Å². The van der Waals surface area contributed by atoms with Crippen LogP contribution in [0.2, 0.25) is 0 Å². The lowest BCUT2D eigenvalue weighted by Crippen LogP contribution is -2.38. The summed E-state index contributed by atoms with van der Waals surface area (Å²) in [6.45, 7) is 3.79. The summed E-state index contributed by atoms with van der Waals surface area (Å²) in [5.41, 5.74) is 0.672. The Hall–Kier alpha value is -1.65. The molecule has 25 heavy (non-hydrogen) atoms. The maximum Gasteiger partial charge on any atom is 0.312 e. The molecule has 2 atom stereocenters. The fourth-order valence-corrected chi connectivity index (χ4v) is 3.28. The lowest BCUT2D eigenvalue weighted by molar-refractivity contribution is -0.158. The Kier molecular flexibility index (Phi) is 7.21. The van der Waals surface area contributed by atoms with Gasteiger partial charge in [0, 0.05) is 4.47 Å². The highest BCUT2D eigenvalue weighted by Crippen LogP contribution is 2.34. The Balaban J connectivity index is 2.13. The zero-order valence-electron chi connectivity index (χ0n) is 14.7. The summed E-state index contributed by atoms with van der Waals surface area (Å²) in [5.74, 6) is -0.944. The number of esters is 1. The third kappa shape index (κ3) is 5.41. The van der Waals surface area contributed by atoms with Gasteiger partial charge in [0.05, 0.1) is 12.5 Å². The first-order chi connectivity index (χ1) is 11.9. The van der Waals surface area contributed by atoms with Gasteiger partial charge in [-0.1, -0.05) is 58.4 Å². The van der Waals surface area contributed by atoms with Crippen LogP contribution in [-0.2, 0) is 21.6 Å². The van der Waals surface area contributed by atoms with E-state index in [1.165, 1.54) is 5.56 Å². The van der Waals surface area contributed by atoms with E-state index in [0.717, 1.165) is 17.3 Å². The standard InChI is InChI=1S/C21H25BrO3/c1-3-25-20(23)19(11-7-10-16-8-5-4-6-9-16)21(2,24)17-12-14-18(22)15-13-17/h4-6,8-9,12-15,19,24H,3,7,10-11H2,1-2H3. The summed E-state index contributed by atoms with van der Waals surface area (Å²) in [6.07, 6.45) is 2.24. The van der Waals surface area contributed by atoms with Crippen LogP contribution in [0, 0.1) is 5.92 Å². The fraction of sp³-hybridized carbons (Fsp3) is 0.381. The zero-order chi connectivity index (χ0) is 18.3. The normalized spacial score (nSPS) is 14.6. The number of ether oxygens (including phenoxy) is 1. The van der Waals surface area contributed by atoms with Crippen molar-refractivity contribution < 1.29 is 14.6 Å². The third-order valence-electron chi connectivity index (χ3n) is 4.48. The maximum atomic E-state index is 12.5. The van der Waals surface area contributed by atoms with E-state index in [9.17, 15) is 9.90 Å². The van der Waals surface area contributed by atoms with Gasteiger partial charge >= 0.3 is 5.97 Å². The second-order valence-electron chi connectivity index (χ2n) is 6.34. The van der Waals surface area contributed by atoms with Crippen LogP contribution in [0.5, 0.6) is 0 Å². The van der Waals surface area contributed by atoms with Crippen LogP contribution < -0.4 is 0 Å². The molecule has 0 saturated heterocycles. The zero-order valence-corrected chi connectivity index (χ0v) is 16.3. The van der Waals surface area contributed by atoms with Gasteiger partial charge in [0.1, 0.15) is 5.60 Å². The molecule has 2 aromatic rings. The van der Waals surface area contributed by atoms with E-state index < -0.39 is 11.5 Å². The van der Waals surface area contributed by atoms with Crippen molar-refractivity contribution in [1.29, 1.82) is 0 Å². The summed E-state index contributed by atoms with van der Waals surface area (Å²) in [7, 11) is 0. The number of carbonyl (C=O) groups excluding carboxylic acids is 1. The molecule has 0 saturated carbocycles. The minimum Gasteiger partial charge on any atom is -0.466 e. The molecule has 2 rings (SSSR count). The summed E-state index contributed by atoms with van der Waals surface area (Å²) in [5, 5.41) is 11.1. The topological polar surface area (TPSA) is 46.5 Å². The number of carbonyl (C=O) groups is 1. The van der Waals surface area contributed by atoms with E-state index in [2.05, 4.69) is 28.1 Å². The van der Waals surface area contributed by atoms with Crippen LogP contribution in [0.25, 0.3) is 0 Å². The summed E-state index contributed by atoms with van der Waals surface area (Å²) >= 11 is 3.40. The highest BCUT2D eigenvalue weighted by Gasteiger charge is 2.39. The SMILES string of the molecule is CCOC(=O)C(CCCc1ccccc1)C(C)(O)c1ccc(Br)cc1. The van der Waals surface area contributed by atoms with Gasteiger partial charge in [0.25, 0.3) is 0 Å². The second kappa shape index (κ2) is 9.16. The smallest absolute Gasteiger partial charge is 0.312 e. The Morgan fingerprint density at radius 3 is 2.40 bits per heavy atom. The molecule has 134 valence electrons. The summed E-state index contributed by atoms with van der Waals surface area (Å²) < 4.78 is 6.16. The van der Waals surface area contributed by atoms with Crippen molar-refractivity contribution in [3.8, 4) is 0 Å². The predicted molar refractivity (Wildman–Crippen MR) is 103 cm³/mol. The lowest BCUT2D eigenvalue weighted by Gasteiger charge is -2.32. The molecule has 1 N–H and O–H groups in total. The van der Waals surface area contributed by atoms with E-state index in [1.54, 1.807) is 13.8 Å². The number of aliphatic hydroxyl groups is 1. The first kappa shape index (κ1) is 19.7. The van der Waals surface area contributed by atoms with Gasteiger partial charge in [-0.05, 0) is 56.4 Å². The van der Waals surface area contributed by atoms with Crippen LogP contribution in [-0.4, -0.2) is 17.7 Å². The molecule has 0 aromatic heterocycles. The van der Waals surface area contributed by atoms with Crippen molar-refractivity contribution in [2.75, 3.05) is 6.61 Å². The first-order valence-electron chi connectivity index (χ1n) is 8.64. The van der Waals surface area contributed by atoms with Crippen LogP contribution in [0.3, 0.4) is 0 Å². The molecule has 3 nitrogen and oxygen atoms in total. The van der Waals surface area contributed by atoms with Gasteiger partial charge in [0.15, 0.2) is 0 Å². The number of hydrogen-bond acceptors (Lipinski definition) is 3. The van der Waals surface area contributed by atoms with Gasteiger partial charge in [-0.3, -0.25) is 4.79 Å². The number of hydrogen-bond donors (Lipinski definition) is 1. The quantitative estimate of drug-likeness (QED) is 0.638. The van der Waals surface area contributed by atoms with Crippen molar-refractivity contribution in [2.45, 2.75) is 38.7 Å². The Labute approximate surface area is 158 Å². The maximum absolute atomic E-state index is 12.5. The van der Waals surface area contributed by atoms with E-state index >= 15 is 0 Å². The van der Waals surface area contributed by atoms with Gasteiger partial charge in [-0.2, -0.15) is 0 Å². The molecule has 0 bridgehead atoms. The molecule has 2 aromatic carbocycles. The summed E-state index contributed by atoms with van der Waals surface area (Å²) in [6, 6.07) is 17.6. The molecular formula is C21H25BrO3. The second-order valence-corrected chi connectivity index (χ2v) is 7.25. The van der Waals surface area contributed by atoms with E-state index in [1.807, 2.05) is 42.5 Å². The average molecular weight is 405 g/mol. The van der Waals surface area contributed by atoms with E-state index in [4.69, 9.17) is 4.74 Å². The monoisotopic (exact) mass is 404 g/mol. The number of benzene rings is 2. The average Bonchev–Trinajstić information content (AvgIpc) is 2.60. The van der Waals surface area contributed by atoms with Crippen LogP contribution in [0.1, 0.15) is 37.8 Å². The molecule has 0 aliphatic heterocycles. The van der Waals surface area contributed by atoms with Gasteiger partial charge in [-0.15, -0.1) is 0 Å². The Bertz CT molecular complexity index is 665. The highest BCUT2D eigenvalue weighted by atomic mass is 79.9. The highest BCUT2D eigenvalue weighted by molar-refractivity contribution is 9.10. The number of rotatable bonds is 8. The number of halogens is 1. The van der Waals surface area contributed by atoms with E-state index in [-0.39, 0.29) is 5.97 Å². The molecule has 0 spiro atoms. The molecule has 2 unspecified atom stereocenters. The van der Waals surface area contributed by atoms with Crippen LogP contribution >= 0.6 is 15.9 Å². The predicted octanol–water partition coefficient (Wildman–Crippen LogP) is 4.86. The Morgan fingerprint density at radius 1 is 1.16 bits per heavy atom. The Morgan fingerprint density at radius 2 is 1.80 bits per heavy atom. The molecule has 0 aliphatic rings. The van der Waals surface area contributed by atoms with Crippen molar-refractivity contribution in [3.63, 3.8) is 0 Å². The van der Waals surface area contributed by atoms with Gasteiger partial charge in [-0.25, -0.2) is 0 Å². The molecule has 0 heterocycles. The molecule has 4 heteroatoms. The van der Waals surface area contributed by atoms with Crippen LogP contribution in [0.15, 0.2) is 59.1 Å². The first-order valence-corrected chi connectivity index (χ1v) is 9.43. The fourth-order valence-electron chi connectivity index (χ4n) is 3.01. The molecule has 0 radical (unpaired) electrons. The van der Waals surface area contributed by atoms with Gasteiger partial charge in [0.2, 0.25) is 0 Å². The minimum absolute atomic E-state index is 0.310. The molecular weight excluding hydrogens is 380 g/mol. The number of aryl methyl sites for hydroxylation is 1. The summed E-state index contributed by atoms with van der Waals surface area (Å²) in [4.78, 5) is 12.5. The van der Waals surface area contributed by atoms with E-state index in [0.29, 0.717) is 18.6 Å². The van der Waals surface area contributed by atoms with Crippen molar-refractivity contribution in [2.24, 2.45) is 5.92 Å². The largest absolute Gasteiger partial charge is 0.466 e. The third-order valence-corrected chi connectivity index (χ3v) is 5.01. The molecule has 0 fully saturated rings. The molecule has 0 aliphatic carbocycles. The van der Waals surface area contributed by atoms with Gasteiger partial charge < -0.3 is 9.84 Å². The van der Waals surface area contributed by atoms with Crippen molar-refractivity contribution in [1.82, 2.24) is 0 Å². The lowest BCUT2D eigenvalue weighted by atomic mass is 9.79.